The van der Waals surface area contributed by atoms with E-state index in [1.807, 2.05) is 0 Å². The molecule has 0 aromatic heterocycles. The highest BCUT2D eigenvalue weighted by Gasteiger charge is 2.11. The summed E-state index contributed by atoms with van der Waals surface area (Å²) in [6.07, 6.45) is 18.3. The predicted molar refractivity (Wildman–Crippen MR) is 88.5 cm³/mol. The Labute approximate surface area is 130 Å². The Morgan fingerprint density at radius 3 is 1.86 bits per heavy atom. The summed E-state index contributed by atoms with van der Waals surface area (Å²) in [5.41, 5.74) is 0. The first-order valence-corrected chi connectivity index (χ1v) is 8.74. The molecule has 0 aromatic rings. The number of hydrogen-bond acceptors (Lipinski definition) is 2. The van der Waals surface area contributed by atoms with Crippen LogP contribution < -0.4 is 0 Å². The second kappa shape index (κ2) is 15.6. The van der Waals surface area contributed by atoms with Crippen molar-refractivity contribution in [2.75, 3.05) is 0 Å². The van der Waals surface area contributed by atoms with Gasteiger partial charge in [-0.3, -0.25) is 0 Å². The molecule has 124 valence electrons. The van der Waals surface area contributed by atoms with Crippen LogP contribution in [0, 0.1) is 0 Å². The molecule has 0 aromatic carbocycles. The highest BCUT2D eigenvalue weighted by atomic mass is 16.4. The lowest BCUT2D eigenvalue weighted by Gasteiger charge is -2.03. The fourth-order valence-electron chi connectivity index (χ4n) is 2.36. The van der Waals surface area contributed by atoms with Gasteiger partial charge >= 0.3 is 5.97 Å². The van der Waals surface area contributed by atoms with Gasteiger partial charge in [-0.1, -0.05) is 64.0 Å². The molecule has 0 radical (unpaired) electrons. The molecule has 0 aliphatic carbocycles. The van der Waals surface area contributed by atoms with Crippen LogP contribution in [0.2, 0.25) is 0 Å². The van der Waals surface area contributed by atoms with Crippen LogP contribution in [0.4, 0.5) is 0 Å². The minimum Gasteiger partial charge on any atom is -0.479 e. The van der Waals surface area contributed by atoms with Crippen LogP contribution in [-0.2, 0) is 4.79 Å². The van der Waals surface area contributed by atoms with Gasteiger partial charge in [0.1, 0.15) is 0 Å². The Kier molecular flexibility index (Phi) is 14.9. The van der Waals surface area contributed by atoms with E-state index in [0.29, 0.717) is 6.42 Å². The van der Waals surface area contributed by atoms with Crippen LogP contribution in [0.5, 0.6) is 0 Å². The molecule has 0 bridgehead atoms. The molecule has 0 fully saturated rings. The van der Waals surface area contributed by atoms with Crippen molar-refractivity contribution in [3.8, 4) is 0 Å². The molecule has 1 atom stereocenters. The summed E-state index contributed by atoms with van der Waals surface area (Å²) >= 11 is 0. The minimum atomic E-state index is -1.19. The molecule has 0 amide bonds. The number of aliphatic hydroxyl groups is 1. The van der Waals surface area contributed by atoms with Crippen molar-refractivity contribution in [3.63, 3.8) is 0 Å². The fraction of sp³-hybridized carbons (Fsp3) is 0.833. The van der Waals surface area contributed by atoms with Crippen LogP contribution >= 0.6 is 0 Å². The number of rotatable bonds is 15. The number of allylic oxidation sites excluding steroid dienone is 2. The molecule has 0 spiro atoms. The predicted octanol–water partition coefficient (Wildman–Crippen LogP) is 5.08. The lowest BCUT2D eigenvalue weighted by atomic mass is 10.1. The first-order chi connectivity index (χ1) is 10.2. The quantitative estimate of drug-likeness (QED) is 0.327. The summed E-state index contributed by atoms with van der Waals surface area (Å²) in [6, 6.07) is 0. The normalized spacial score (nSPS) is 12.9. The lowest BCUT2D eigenvalue weighted by Crippen LogP contribution is -2.18. The fourth-order valence-corrected chi connectivity index (χ4v) is 2.36. The molecule has 1 unspecified atom stereocenters. The topological polar surface area (TPSA) is 57.5 Å². The van der Waals surface area contributed by atoms with E-state index in [1.165, 1.54) is 51.4 Å². The number of carboxylic acid groups (broad SMARTS) is 1. The number of unbranched alkanes of at least 4 members (excludes halogenated alkanes) is 10. The molecule has 21 heavy (non-hydrogen) atoms. The van der Waals surface area contributed by atoms with Crippen molar-refractivity contribution in [3.05, 3.63) is 12.2 Å². The van der Waals surface area contributed by atoms with Gasteiger partial charge in [0.2, 0.25) is 0 Å². The average Bonchev–Trinajstić information content (AvgIpc) is 2.47. The highest BCUT2D eigenvalue weighted by Crippen LogP contribution is 2.10. The van der Waals surface area contributed by atoms with Gasteiger partial charge < -0.3 is 10.2 Å². The van der Waals surface area contributed by atoms with Crippen LogP contribution in [0.3, 0.4) is 0 Å². The first kappa shape index (κ1) is 20.2. The third kappa shape index (κ3) is 15.4. The van der Waals surface area contributed by atoms with Gasteiger partial charge in [-0.15, -0.1) is 0 Å². The number of aliphatic hydroxyl groups excluding tert-OH is 1. The van der Waals surface area contributed by atoms with E-state index in [2.05, 4.69) is 19.1 Å². The Morgan fingerprint density at radius 2 is 1.33 bits per heavy atom. The van der Waals surface area contributed by atoms with Crippen molar-refractivity contribution < 1.29 is 15.0 Å². The van der Waals surface area contributed by atoms with Crippen molar-refractivity contribution in [2.45, 2.75) is 96.5 Å². The smallest absolute Gasteiger partial charge is 0.332 e. The average molecular weight is 298 g/mol. The van der Waals surface area contributed by atoms with Gasteiger partial charge in [0.25, 0.3) is 0 Å². The maximum absolute atomic E-state index is 10.4. The van der Waals surface area contributed by atoms with E-state index >= 15 is 0 Å². The van der Waals surface area contributed by atoms with E-state index in [0.717, 1.165) is 25.7 Å². The van der Waals surface area contributed by atoms with Crippen LogP contribution in [0.25, 0.3) is 0 Å². The molecule has 3 heteroatoms. The Morgan fingerprint density at radius 1 is 0.857 bits per heavy atom. The molecule has 2 N–H and O–H groups in total. The third-order valence-corrected chi connectivity index (χ3v) is 3.77. The van der Waals surface area contributed by atoms with Crippen molar-refractivity contribution in [1.82, 2.24) is 0 Å². The maximum atomic E-state index is 10.4. The molecule has 0 rings (SSSR count). The Bertz CT molecular complexity index is 261. The molecule has 0 heterocycles. The number of carboxylic acids is 1. The summed E-state index contributed by atoms with van der Waals surface area (Å²) in [6.45, 7) is 2.25. The van der Waals surface area contributed by atoms with E-state index in [9.17, 15) is 4.79 Å². The summed E-state index contributed by atoms with van der Waals surface area (Å²) in [4.78, 5) is 10.4. The van der Waals surface area contributed by atoms with Gasteiger partial charge in [-0.2, -0.15) is 0 Å². The lowest BCUT2D eigenvalue weighted by molar-refractivity contribution is -0.146. The van der Waals surface area contributed by atoms with Gasteiger partial charge in [0.15, 0.2) is 6.10 Å². The van der Waals surface area contributed by atoms with Crippen LogP contribution in [0.15, 0.2) is 12.2 Å². The Hall–Kier alpha value is -0.830. The van der Waals surface area contributed by atoms with E-state index < -0.39 is 12.1 Å². The van der Waals surface area contributed by atoms with E-state index in [4.69, 9.17) is 10.2 Å². The summed E-state index contributed by atoms with van der Waals surface area (Å²) in [5, 5.41) is 17.6. The standard InChI is InChI=1S/C18H34O3/c1-2-3-4-5-6-7-8-9-10-11-12-13-14-15-16-17(19)18(20)21/h11-12,17,19H,2-10,13-16H2,1H3,(H,20,21)/b12-11+. The van der Waals surface area contributed by atoms with E-state index in [-0.39, 0.29) is 0 Å². The van der Waals surface area contributed by atoms with Crippen LogP contribution in [0.1, 0.15) is 90.4 Å². The van der Waals surface area contributed by atoms with Gasteiger partial charge in [-0.25, -0.2) is 4.79 Å². The van der Waals surface area contributed by atoms with Crippen molar-refractivity contribution in [2.24, 2.45) is 0 Å². The monoisotopic (exact) mass is 298 g/mol. The minimum absolute atomic E-state index is 0.362. The number of hydrogen-bond donors (Lipinski definition) is 2. The Balaban J connectivity index is 3.17. The molecule has 0 aliphatic rings. The zero-order valence-corrected chi connectivity index (χ0v) is 13.7. The molecular weight excluding hydrogens is 264 g/mol. The van der Waals surface area contributed by atoms with Crippen molar-refractivity contribution in [1.29, 1.82) is 0 Å². The second-order valence-electron chi connectivity index (χ2n) is 5.87. The van der Waals surface area contributed by atoms with Gasteiger partial charge in [-0.05, 0) is 38.5 Å². The summed E-state index contributed by atoms with van der Waals surface area (Å²) < 4.78 is 0. The largest absolute Gasteiger partial charge is 0.479 e. The third-order valence-electron chi connectivity index (χ3n) is 3.77. The number of aliphatic carboxylic acids is 1. The molecular formula is C18H34O3. The van der Waals surface area contributed by atoms with Gasteiger partial charge in [0, 0.05) is 0 Å². The first-order valence-electron chi connectivity index (χ1n) is 8.74. The number of carbonyl (C=O) groups is 1. The molecule has 0 saturated carbocycles. The molecule has 0 saturated heterocycles. The summed E-state index contributed by atoms with van der Waals surface area (Å²) in [7, 11) is 0. The zero-order valence-electron chi connectivity index (χ0n) is 13.7. The van der Waals surface area contributed by atoms with Crippen LogP contribution in [-0.4, -0.2) is 22.3 Å². The zero-order chi connectivity index (χ0) is 15.8. The van der Waals surface area contributed by atoms with E-state index in [1.54, 1.807) is 0 Å². The SMILES string of the molecule is CCCCCCCCCC/C=C/CCCCC(O)C(=O)O. The molecule has 3 nitrogen and oxygen atoms in total. The van der Waals surface area contributed by atoms with Gasteiger partial charge in [0.05, 0.1) is 0 Å². The molecule has 0 aliphatic heterocycles. The second-order valence-corrected chi connectivity index (χ2v) is 5.87. The summed E-state index contributed by atoms with van der Waals surface area (Å²) in [5.74, 6) is -1.11. The maximum Gasteiger partial charge on any atom is 0.332 e. The van der Waals surface area contributed by atoms with Crippen molar-refractivity contribution >= 4 is 5.97 Å². The highest BCUT2D eigenvalue weighted by molar-refractivity contribution is 5.71.